The molecule has 1 heterocycles. The fourth-order valence-electron chi connectivity index (χ4n) is 7.37. The average Bonchev–Trinajstić information content (AvgIpc) is 2.98. The number of ether oxygens (including phenoxy) is 2. The quantitative estimate of drug-likeness (QED) is 0.217. The first kappa shape index (κ1) is 32.5. The van der Waals surface area contributed by atoms with Crippen molar-refractivity contribution in [3.05, 3.63) is 115 Å². The van der Waals surface area contributed by atoms with E-state index in [0.717, 1.165) is 50.9 Å². The van der Waals surface area contributed by atoms with E-state index in [-0.39, 0.29) is 34.8 Å². The van der Waals surface area contributed by atoms with Crippen LogP contribution in [0, 0.1) is 20.2 Å². The van der Waals surface area contributed by atoms with Crippen LogP contribution >= 0.6 is 22.6 Å². The number of Topliss-reactive ketones (excluding diaryl/α,β-unsaturated/α-hetero) is 2. The molecule has 0 bridgehead atoms. The summed E-state index contributed by atoms with van der Waals surface area (Å²) in [6, 6.07) is 20.7. The predicted octanol–water partition coefficient (Wildman–Crippen LogP) is 8.95. The molecule has 0 spiro atoms. The van der Waals surface area contributed by atoms with Crippen LogP contribution in [-0.4, -0.2) is 30.1 Å². The Hall–Kier alpha value is -3.46. The molecule has 46 heavy (non-hydrogen) atoms. The van der Waals surface area contributed by atoms with E-state index in [9.17, 15) is 14.0 Å². The molecule has 3 aromatic carbocycles. The van der Waals surface area contributed by atoms with Gasteiger partial charge in [0.05, 0.1) is 10.7 Å². The van der Waals surface area contributed by atoms with Crippen LogP contribution in [0.5, 0.6) is 11.5 Å². The Morgan fingerprint density at radius 2 is 1.43 bits per heavy atom. The van der Waals surface area contributed by atoms with Crippen LogP contribution in [0.4, 0.5) is 4.39 Å². The van der Waals surface area contributed by atoms with Crippen LogP contribution in [0.1, 0.15) is 76.0 Å². The van der Waals surface area contributed by atoms with Gasteiger partial charge in [0.25, 0.3) is 0 Å². The number of hydrogen-bond acceptors (Lipinski definition) is 5. The Balaban J connectivity index is 1.47. The topological polar surface area (TPSA) is 55.8 Å². The highest BCUT2D eigenvalue weighted by Crippen LogP contribution is 2.55. The van der Waals surface area contributed by atoms with Gasteiger partial charge in [-0.05, 0) is 93.6 Å². The summed E-state index contributed by atoms with van der Waals surface area (Å²) in [5.74, 6) is 0.469. The summed E-state index contributed by atoms with van der Waals surface area (Å²) in [7, 11) is 1.59. The molecule has 0 saturated carbocycles. The van der Waals surface area contributed by atoms with E-state index in [1.165, 1.54) is 17.7 Å². The maximum Gasteiger partial charge on any atom is 0.174 e. The number of benzene rings is 3. The molecule has 7 heteroatoms. The Bertz CT molecular complexity index is 1700. The van der Waals surface area contributed by atoms with Crippen molar-refractivity contribution in [2.45, 2.75) is 72.3 Å². The zero-order valence-corrected chi connectivity index (χ0v) is 29.4. The number of hydrogen-bond donors (Lipinski definition) is 0. The van der Waals surface area contributed by atoms with Crippen molar-refractivity contribution in [3.8, 4) is 11.5 Å². The van der Waals surface area contributed by atoms with E-state index in [0.29, 0.717) is 36.4 Å². The third-order valence-electron chi connectivity index (χ3n) is 9.35. The first-order valence-electron chi connectivity index (χ1n) is 15.9. The third kappa shape index (κ3) is 6.53. The number of ketones is 2. The standard InChI is InChI=1S/C39H41FINO4/c1-38(2)19-29-35(31(43)21-38)34(26-17-28(41)37(33(18-26)45-5)46-23-25-12-9-13-27(40)16-25)36-30(20-39(3,4)22-32(36)44)42(29)15-14-24-10-7-6-8-11-24/h6-13,16-18,34H,14-15,19-23H2,1-5H3. The van der Waals surface area contributed by atoms with Crippen molar-refractivity contribution >= 4 is 34.2 Å². The second-order valence-corrected chi connectivity index (χ2v) is 15.5. The largest absolute Gasteiger partial charge is 0.493 e. The van der Waals surface area contributed by atoms with Gasteiger partial charge in [-0.2, -0.15) is 0 Å². The van der Waals surface area contributed by atoms with E-state index in [1.54, 1.807) is 13.2 Å². The van der Waals surface area contributed by atoms with Gasteiger partial charge in [0.15, 0.2) is 23.1 Å². The molecule has 0 N–H and O–H groups in total. The third-order valence-corrected chi connectivity index (χ3v) is 10.1. The van der Waals surface area contributed by atoms with E-state index in [1.807, 2.05) is 24.3 Å². The Morgan fingerprint density at radius 3 is 2.02 bits per heavy atom. The van der Waals surface area contributed by atoms with Crippen molar-refractivity contribution < 1.29 is 23.5 Å². The van der Waals surface area contributed by atoms with E-state index in [4.69, 9.17) is 9.47 Å². The van der Waals surface area contributed by atoms with Crippen LogP contribution < -0.4 is 9.47 Å². The van der Waals surface area contributed by atoms with E-state index >= 15 is 0 Å². The van der Waals surface area contributed by atoms with Crippen molar-refractivity contribution in [2.75, 3.05) is 13.7 Å². The molecule has 6 rings (SSSR count). The monoisotopic (exact) mass is 733 g/mol. The molecule has 0 amide bonds. The lowest BCUT2D eigenvalue weighted by Crippen LogP contribution is -2.45. The second kappa shape index (κ2) is 12.6. The maximum absolute atomic E-state index is 14.2. The molecular weight excluding hydrogens is 692 g/mol. The van der Waals surface area contributed by atoms with Gasteiger partial charge in [0.2, 0.25) is 0 Å². The normalized spacial score (nSPS) is 19.2. The molecule has 3 aliphatic rings. The van der Waals surface area contributed by atoms with Gasteiger partial charge < -0.3 is 14.4 Å². The van der Waals surface area contributed by atoms with Crippen molar-refractivity contribution in [2.24, 2.45) is 10.8 Å². The summed E-state index contributed by atoms with van der Waals surface area (Å²) >= 11 is 2.23. The van der Waals surface area contributed by atoms with Crippen LogP contribution in [0.3, 0.4) is 0 Å². The maximum atomic E-state index is 14.2. The molecule has 240 valence electrons. The lowest BCUT2D eigenvalue weighted by molar-refractivity contribution is -0.119. The smallest absolute Gasteiger partial charge is 0.174 e. The number of methoxy groups -OCH3 is 1. The predicted molar refractivity (Wildman–Crippen MR) is 186 cm³/mol. The molecule has 0 saturated heterocycles. The number of halogens is 2. The van der Waals surface area contributed by atoms with Gasteiger partial charge >= 0.3 is 0 Å². The summed E-state index contributed by atoms with van der Waals surface area (Å²) in [5, 5.41) is 0. The summed E-state index contributed by atoms with van der Waals surface area (Å²) in [5.41, 5.74) is 5.97. The molecule has 5 nitrogen and oxygen atoms in total. The second-order valence-electron chi connectivity index (χ2n) is 14.4. The number of rotatable bonds is 8. The highest BCUT2D eigenvalue weighted by Gasteiger charge is 2.49. The number of allylic oxidation sites excluding steroid dienone is 4. The van der Waals surface area contributed by atoms with Crippen molar-refractivity contribution in [3.63, 3.8) is 0 Å². The van der Waals surface area contributed by atoms with Gasteiger partial charge in [0, 0.05) is 47.8 Å². The summed E-state index contributed by atoms with van der Waals surface area (Å²) < 4.78 is 26.7. The van der Waals surface area contributed by atoms with E-state index in [2.05, 4.69) is 79.5 Å². The average molecular weight is 734 g/mol. The van der Waals surface area contributed by atoms with Gasteiger partial charge in [-0.3, -0.25) is 9.59 Å². The SMILES string of the molecule is COc1cc(C2C3=C(CC(C)(C)CC3=O)N(CCc3ccccc3)C3=C2C(=O)CC(C)(C)C3)cc(I)c1OCc1cccc(F)c1. The van der Waals surface area contributed by atoms with Crippen LogP contribution in [-0.2, 0) is 22.6 Å². The summed E-state index contributed by atoms with van der Waals surface area (Å²) in [6.45, 7) is 9.53. The molecule has 3 aromatic rings. The highest BCUT2D eigenvalue weighted by molar-refractivity contribution is 14.1. The first-order chi connectivity index (χ1) is 21.9. The Kier molecular flexibility index (Phi) is 8.91. The Morgan fingerprint density at radius 1 is 0.826 bits per heavy atom. The number of carbonyl (C=O) groups excluding carboxylic acids is 2. The minimum atomic E-state index is -0.482. The minimum Gasteiger partial charge on any atom is -0.493 e. The van der Waals surface area contributed by atoms with Gasteiger partial charge in [-0.1, -0.05) is 70.2 Å². The van der Waals surface area contributed by atoms with Crippen molar-refractivity contribution in [1.82, 2.24) is 4.90 Å². The minimum absolute atomic E-state index is 0.102. The van der Waals surface area contributed by atoms with Crippen LogP contribution in [0.2, 0.25) is 0 Å². The fraction of sp³-hybridized carbons (Fsp3) is 0.385. The molecule has 0 atom stereocenters. The zero-order valence-electron chi connectivity index (χ0n) is 27.2. The molecule has 0 radical (unpaired) electrons. The summed E-state index contributed by atoms with van der Waals surface area (Å²) in [4.78, 5) is 30.8. The lowest BCUT2D eigenvalue weighted by atomic mass is 9.63. The molecule has 0 unspecified atom stereocenters. The molecular formula is C39H41FINO4. The molecule has 1 aliphatic heterocycles. The highest BCUT2D eigenvalue weighted by atomic mass is 127. The van der Waals surface area contributed by atoms with Crippen LogP contribution in [0.25, 0.3) is 0 Å². The molecule has 0 fully saturated rings. The van der Waals surface area contributed by atoms with E-state index < -0.39 is 5.92 Å². The summed E-state index contributed by atoms with van der Waals surface area (Å²) in [6.07, 6.45) is 3.19. The number of carbonyl (C=O) groups is 2. The van der Waals surface area contributed by atoms with Crippen molar-refractivity contribution in [1.29, 1.82) is 0 Å². The lowest BCUT2D eigenvalue weighted by Gasteiger charge is -2.49. The Labute approximate surface area is 285 Å². The molecule has 0 aromatic heterocycles. The molecule has 2 aliphatic carbocycles. The zero-order chi connectivity index (χ0) is 32.8. The van der Waals surface area contributed by atoms with Gasteiger partial charge in [0.1, 0.15) is 12.4 Å². The fourth-order valence-corrected chi connectivity index (χ4v) is 8.15. The number of nitrogens with zero attached hydrogens (tertiary/aromatic N) is 1. The first-order valence-corrected chi connectivity index (χ1v) is 17.0. The van der Waals surface area contributed by atoms with Gasteiger partial charge in [-0.25, -0.2) is 4.39 Å². The van der Waals surface area contributed by atoms with Gasteiger partial charge in [-0.15, -0.1) is 0 Å². The van der Waals surface area contributed by atoms with Crippen LogP contribution in [0.15, 0.2) is 89.3 Å².